The Hall–Kier alpha value is -1.79. The fraction of sp³-hybridized carbons (Fsp3) is 0.417. The summed E-state index contributed by atoms with van der Waals surface area (Å²) in [6.07, 6.45) is 2.36. The summed E-state index contributed by atoms with van der Waals surface area (Å²) in [6, 6.07) is 3.66. The molecule has 0 spiro atoms. The lowest BCUT2D eigenvalue weighted by molar-refractivity contribution is 0.116. The Morgan fingerprint density at radius 2 is 2.33 bits per heavy atom. The number of nitrogens with two attached hydrogens (primary N) is 1. The van der Waals surface area contributed by atoms with E-state index in [1.165, 1.54) is 0 Å². The monoisotopic (exact) mass is 248 g/mol. The predicted octanol–water partition coefficient (Wildman–Crippen LogP) is 1.17. The number of methoxy groups -OCH3 is 1. The van der Waals surface area contributed by atoms with E-state index >= 15 is 0 Å². The summed E-state index contributed by atoms with van der Waals surface area (Å²) in [4.78, 5) is 8.43. The fourth-order valence-electron chi connectivity index (χ4n) is 1.52. The molecule has 0 aliphatic carbocycles. The standard InChI is InChI=1S/C12H16N4O2/c1-8(17-2)5-11-15-12(18-16-11)9-3-4-14-10(6-9)7-13/h3-4,6,8H,5,7,13H2,1-2H3. The van der Waals surface area contributed by atoms with E-state index in [9.17, 15) is 0 Å². The molecule has 96 valence electrons. The first kappa shape index (κ1) is 12.7. The van der Waals surface area contributed by atoms with Gasteiger partial charge >= 0.3 is 0 Å². The molecule has 18 heavy (non-hydrogen) atoms. The van der Waals surface area contributed by atoms with Crippen LogP contribution in [0.5, 0.6) is 0 Å². The number of hydrogen-bond acceptors (Lipinski definition) is 6. The number of nitrogens with zero attached hydrogens (tertiary/aromatic N) is 3. The van der Waals surface area contributed by atoms with Crippen molar-refractivity contribution in [3.63, 3.8) is 0 Å². The van der Waals surface area contributed by atoms with Crippen LogP contribution in [-0.4, -0.2) is 28.3 Å². The quantitative estimate of drug-likeness (QED) is 0.854. The molecule has 0 saturated heterocycles. The highest BCUT2D eigenvalue weighted by Crippen LogP contribution is 2.17. The maximum atomic E-state index is 5.54. The van der Waals surface area contributed by atoms with Crippen LogP contribution in [0.15, 0.2) is 22.9 Å². The van der Waals surface area contributed by atoms with Crippen LogP contribution in [-0.2, 0) is 17.7 Å². The van der Waals surface area contributed by atoms with Gasteiger partial charge in [-0.1, -0.05) is 5.16 Å². The highest BCUT2D eigenvalue weighted by Gasteiger charge is 2.12. The molecular formula is C12H16N4O2. The Morgan fingerprint density at radius 3 is 3.06 bits per heavy atom. The Kier molecular flexibility index (Phi) is 4.01. The molecule has 6 heteroatoms. The number of ether oxygens (including phenoxy) is 1. The van der Waals surface area contributed by atoms with Crippen LogP contribution in [0, 0.1) is 0 Å². The summed E-state index contributed by atoms with van der Waals surface area (Å²) in [6.45, 7) is 2.34. The maximum absolute atomic E-state index is 5.54. The molecular weight excluding hydrogens is 232 g/mol. The number of pyridine rings is 1. The largest absolute Gasteiger partial charge is 0.381 e. The van der Waals surface area contributed by atoms with E-state index in [-0.39, 0.29) is 6.10 Å². The van der Waals surface area contributed by atoms with Gasteiger partial charge in [-0.25, -0.2) is 0 Å². The van der Waals surface area contributed by atoms with Gasteiger partial charge in [0.1, 0.15) is 0 Å². The van der Waals surface area contributed by atoms with Crippen molar-refractivity contribution >= 4 is 0 Å². The van der Waals surface area contributed by atoms with Crippen LogP contribution < -0.4 is 5.73 Å². The SMILES string of the molecule is COC(C)Cc1noc(-c2ccnc(CN)c2)n1. The minimum Gasteiger partial charge on any atom is -0.381 e. The highest BCUT2D eigenvalue weighted by molar-refractivity contribution is 5.52. The molecule has 0 fully saturated rings. The minimum atomic E-state index is 0.0625. The lowest BCUT2D eigenvalue weighted by Crippen LogP contribution is -2.09. The Balaban J connectivity index is 2.18. The number of rotatable bonds is 5. The molecule has 0 radical (unpaired) electrons. The smallest absolute Gasteiger partial charge is 0.258 e. The molecule has 0 aliphatic heterocycles. The van der Waals surface area contributed by atoms with Crippen molar-refractivity contribution in [2.24, 2.45) is 5.73 Å². The highest BCUT2D eigenvalue weighted by atomic mass is 16.5. The van der Waals surface area contributed by atoms with Gasteiger partial charge in [0.05, 0.1) is 11.8 Å². The Labute approximate surface area is 105 Å². The van der Waals surface area contributed by atoms with Crippen molar-refractivity contribution in [1.29, 1.82) is 0 Å². The Morgan fingerprint density at radius 1 is 1.50 bits per heavy atom. The van der Waals surface area contributed by atoms with Crippen LogP contribution in [0.2, 0.25) is 0 Å². The van der Waals surface area contributed by atoms with Gasteiger partial charge in [0, 0.05) is 31.8 Å². The van der Waals surface area contributed by atoms with Crippen molar-refractivity contribution in [2.75, 3.05) is 7.11 Å². The normalized spacial score (nSPS) is 12.6. The van der Waals surface area contributed by atoms with Gasteiger partial charge in [0.25, 0.3) is 5.89 Å². The zero-order valence-electron chi connectivity index (χ0n) is 10.5. The molecule has 2 aromatic heterocycles. The predicted molar refractivity (Wildman–Crippen MR) is 65.6 cm³/mol. The van der Waals surface area contributed by atoms with Crippen molar-refractivity contribution in [2.45, 2.75) is 26.0 Å². The van der Waals surface area contributed by atoms with Crippen LogP contribution in [0.1, 0.15) is 18.4 Å². The molecule has 2 N–H and O–H groups in total. The van der Waals surface area contributed by atoms with Crippen LogP contribution in [0.4, 0.5) is 0 Å². The Bertz CT molecular complexity index is 512. The van der Waals surface area contributed by atoms with E-state index < -0.39 is 0 Å². The van der Waals surface area contributed by atoms with Crippen LogP contribution >= 0.6 is 0 Å². The first-order valence-electron chi connectivity index (χ1n) is 5.73. The van der Waals surface area contributed by atoms with Crippen molar-refractivity contribution in [1.82, 2.24) is 15.1 Å². The van der Waals surface area contributed by atoms with E-state index in [0.717, 1.165) is 11.3 Å². The second-order valence-corrected chi connectivity index (χ2v) is 4.01. The summed E-state index contributed by atoms with van der Waals surface area (Å²) in [7, 11) is 1.65. The first-order chi connectivity index (χ1) is 8.72. The zero-order chi connectivity index (χ0) is 13.0. The van der Waals surface area contributed by atoms with E-state index in [4.69, 9.17) is 15.0 Å². The zero-order valence-corrected chi connectivity index (χ0v) is 10.5. The average Bonchev–Trinajstić information content (AvgIpc) is 2.87. The molecule has 2 rings (SSSR count). The molecule has 0 saturated carbocycles. The maximum Gasteiger partial charge on any atom is 0.258 e. The van der Waals surface area contributed by atoms with Gasteiger partial charge in [0.15, 0.2) is 5.82 Å². The third-order valence-corrected chi connectivity index (χ3v) is 2.61. The van der Waals surface area contributed by atoms with Crippen molar-refractivity contribution in [3.05, 3.63) is 29.8 Å². The molecule has 2 heterocycles. The van der Waals surface area contributed by atoms with Gasteiger partial charge in [0.2, 0.25) is 0 Å². The molecule has 2 aromatic rings. The summed E-state index contributed by atoms with van der Waals surface area (Å²) in [5.41, 5.74) is 7.16. The van der Waals surface area contributed by atoms with E-state index in [0.29, 0.717) is 24.7 Å². The molecule has 0 aromatic carbocycles. The van der Waals surface area contributed by atoms with Crippen molar-refractivity contribution in [3.8, 4) is 11.5 Å². The van der Waals surface area contributed by atoms with Gasteiger partial charge < -0.3 is 15.0 Å². The van der Waals surface area contributed by atoms with Gasteiger partial charge in [-0.05, 0) is 19.1 Å². The summed E-state index contributed by atoms with van der Waals surface area (Å²) in [5, 5.41) is 3.92. The van der Waals surface area contributed by atoms with Gasteiger partial charge in [-0.2, -0.15) is 4.98 Å². The molecule has 1 unspecified atom stereocenters. The lowest BCUT2D eigenvalue weighted by atomic mass is 10.2. The van der Waals surface area contributed by atoms with E-state index in [2.05, 4.69) is 15.1 Å². The summed E-state index contributed by atoms with van der Waals surface area (Å²) >= 11 is 0. The summed E-state index contributed by atoms with van der Waals surface area (Å²) < 4.78 is 10.4. The van der Waals surface area contributed by atoms with E-state index in [1.807, 2.05) is 19.1 Å². The number of hydrogen-bond donors (Lipinski definition) is 1. The first-order valence-corrected chi connectivity index (χ1v) is 5.73. The third kappa shape index (κ3) is 2.91. The van der Waals surface area contributed by atoms with Crippen LogP contribution in [0.3, 0.4) is 0 Å². The van der Waals surface area contributed by atoms with Crippen molar-refractivity contribution < 1.29 is 9.26 Å². The second kappa shape index (κ2) is 5.70. The topological polar surface area (TPSA) is 87.1 Å². The molecule has 1 atom stereocenters. The number of aromatic nitrogens is 3. The van der Waals surface area contributed by atoms with Gasteiger partial charge in [-0.3, -0.25) is 4.98 Å². The minimum absolute atomic E-state index is 0.0625. The van der Waals surface area contributed by atoms with Gasteiger partial charge in [-0.15, -0.1) is 0 Å². The third-order valence-electron chi connectivity index (χ3n) is 2.61. The molecule has 0 aliphatic rings. The second-order valence-electron chi connectivity index (χ2n) is 4.01. The molecule has 6 nitrogen and oxygen atoms in total. The van der Waals surface area contributed by atoms with Crippen LogP contribution in [0.25, 0.3) is 11.5 Å². The summed E-state index contributed by atoms with van der Waals surface area (Å²) in [5.74, 6) is 1.11. The molecule has 0 bridgehead atoms. The average molecular weight is 248 g/mol. The van der Waals surface area contributed by atoms with E-state index in [1.54, 1.807) is 13.3 Å². The lowest BCUT2D eigenvalue weighted by Gasteiger charge is -2.03. The fourth-order valence-corrected chi connectivity index (χ4v) is 1.52. The molecule has 0 amide bonds.